The summed E-state index contributed by atoms with van der Waals surface area (Å²) < 4.78 is 0. The first-order chi connectivity index (χ1) is 5.20. The molecule has 19 heavy (non-hydrogen) atoms. The first-order valence-electron chi connectivity index (χ1n) is 1.64. The summed E-state index contributed by atoms with van der Waals surface area (Å²) in [7, 11) is 0. The molecule has 0 radical (unpaired) electrons. The number of hydrogen-bond donors (Lipinski definition) is 0. The van der Waals surface area contributed by atoms with Crippen LogP contribution in [0.4, 0.5) is 0 Å². The van der Waals surface area contributed by atoms with E-state index in [0.29, 0.717) is 0 Å². The molecule has 0 saturated carbocycles. The van der Waals surface area contributed by atoms with Gasteiger partial charge in [-0.05, 0) is 0 Å². The molecule has 0 unspecified atom stereocenters. The minimum atomic E-state index is -1.75. The Hall–Kier alpha value is -1.28. The summed E-state index contributed by atoms with van der Waals surface area (Å²) >= 11 is 0. The molecule has 0 rings (SSSR count). The zero-order valence-electron chi connectivity index (χ0n) is 8.90. The quantitative estimate of drug-likeness (QED) is 0.196. The maximum Gasteiger partial charge on any atom is 3.00 e. The Morgan fingerprint density at radius 2 is 0.474 bits per heavy atom. The minimum absolute atomic E-state index is 0. The largest absolute Gasteiger partial charge is 3.00 e. The fourth-order valence-electron chi connectivity index (χ4n) is 0. The van der Waals surface area contributed by atoms with Gasteiger partial charge in [-0.2, -0.15) is 0 Å². The molecule has 120 valence electrons. The summed E-state index contributed by atoms with van der Waals surface area (Å²) in [4.78, 5) is 24.8. The number of rotatable bonds is 0. The second-order valence-electron chi connectivity index (χ2n) is 0.671. The van der Waals surface area contributed by atoms with Crippen molar-refractivity contribution in [3.8, 4) is 0 Å². The summed E-state index contributed by atoms with van der Waals surface area (Å²) in [5.41, 5.74) is 0. The normalized spacial score (nSPS) is 3.79. The zero-order chi connectivity index (χ0) is 10.7. The zero-order valence-corrected chi connectivity index (χ0v) is 12.6. The van der Waals surface area contributed by atoms with E-state index >= 15 is 0 Å². The third kappa shape index (κ3) is 2230. The predicted molar refractivity (Wildman–Crippen MR) is 57.8 cm³/mol. The Morgan fingerprint density at radius 3 is 0.474 bits per heavy atom. The van der Waals surface area contributed by atoms with E-state index in [1.54, 1.807) is 0 Å². The van der Waals surface area contributed by atoms with E-state index in [-0.39, 0.29) is 74.1 Å². The van der Waals surface area contributed by atoms with Gasteiger partial charge in [0.15, 0.2) is 0 Å². The van der Waals surface area contributed by atoms with E-state index in [1.165, 1.54) is 0 Å². The second-order valence-corrected chi connectivity index (χ2v) is 0.671. The van der Waals surface area contributed by atoms with E-state index in [4.69, 9.17) is 46.0 Å². The summed E-state index contributed by atoms with van der Waals surface area (Å²) in [5.74, 6) is 0. The van der Waals surface area contributed by atoms with Crippen LogP contribution in [-0.4, -0.2) is 26.2 Å². The molecule has 0 atom stereocenters. The molecule has 0 bridgehead atoms. The van der Waals surface area contributed by atoms with Gasteiger partial charge in [0, 0.05) is 0 Å². The monoisotopic (exact) mass is 439 g/mol. The third-order valence-corrected chi connectivity index (χ3v) is 0. The van der Waals surface area contributed by atoms with Crippen molar-refractivity contribution in [2.75, 3.05) is 0 Å². The van der Waals surface area contributed by atoms with Crippen LogP contribution >= 0.6 is 0 Å². The molecular weight excluding hydrogens is 423 g/mol. The van der Waals surface area contributed by atoms with Crippen molar-refractivity contribution in [3.63, 3.8) is 0 Å². The Labute approximate surface area is 135 Å². The Morgan fingerprint density at radius 1 is 0.474 bits per heavy atom. The van der Waals surface area contributed by atoms with Crippen molar-refractivity contribution < 1.29 is 89.4 Å². The van der Waals surface area contributed by atoms with Crippen LogP contribution < -0.4 is 0 Å². The summed E-state index contributed by atoms with van der Waals surface area (Å²) in [6, 6.07) is 0. The first-order valence-corrected chi connectivity index (χ1v) is 1.64. The van der Waals surface area contributed by atoms with E-state index < -0.39 is 15.3 Å². The van der Waals surface area contributed by atoms with Gasteiger partial charge in [0.1, 0.15) is 0 Å². The van der Waals surface area contributed by atoms with E-state index in [0.717, 1.165) is 0 Å². The van der Waals surface area contributed by atoms with Crippen molar-refractivity contribution in [3.05, 3.63) is 46.0 Å². The maximum absolute atomic E-state index is 8.25. The van der Waals surface area contributed by atoms with Gasteiger partial charge in [0.25, 0.3) is 0 Å². The van der Waals surface area contributed by atoms with Crippen LogP contribution in [-0.2, 0) is 21.9 Å². The van der Waals surface area contributed by atoms with Gasteiger partial charge < -0.3 is 78.8 Å². The van der Waals surface area contributed by atoms with Gasteiger partial charge in [-0.1, -0.05) is 0 Å². The molecule has 0 aromatic carbocycles. The molecule has 0 aliphatic carbocycles. The molecule has 18 nitrogen and oxygen atoms in total. The molecule has 0 fully saturated rings. The van der Waals surface area contributed by atoms with Crippen LogP contribution in [0.3, 0.4) is 0 Å². The molecule has 0 aromatic heterocycles. The van der Waals surface area contributed by atoms with Crippen LogP contribution in [0.5, 0.6) is 0 Å². The summed E-state index contributed by atoms with van der Waals surface area (Å²) in [6.45, 7) is 0. The van der Waals surface area contributed by atoms with Gasteiger partial charge in [0.05, 0.1) is 15.3 Å². The predicted octanol–water partition coefficient (Wildman–Crippen LogP) is -6.05. The minimum Gasteiger partial charge on any atom is -0.457 e. The topological polar surface area (TPSA) is 394 Å². The molecular formula is H16N3O15Pr+4. The van der Waals surface area contributed by atoms with Gasteiger partial charge in [-0.25, -0.2) is 0 Å². The molecule has 16 N–H and O–H groups in total. The molecule has 0 aliphatic heterocycles. The molecule has 0 aromatic rings. The number of nitrogens with zero attached hydrogens (tertiary/aromatic N) is 3. The van der Waals surface area contributed by atoms with Crippen molar-refractivity contribution >= 4 is 0 Å². The Kier molecular flexibility index (Phi) is 303. The fraction of sp³-hybridized carbons (Fsp3) is 0. The maximum atomic E-state index is 8.25. The van der Waals surface area contributed by atoms with Crippen molar-refractivity contribution in [2.45, 2.75) is 0 Å². The van der Waals surface area contributed by atoms with E-state index in [1.807, 2.05) is 0 Å². The average Bonchev–Trinajstić information content (AvgIpc) is 1.54. The van der Waals surface area contributed by atoms with Crippen molar-refractivity contribution in [2.24, 2.45) is 0 Å². The van der Waals surface area contributed by atoms with Gasteiger partial charge in [-0.15, -0.1) is 0 Å². The first kappa shape index (κ1) is 83.1. The Bertz CT molecular complexity index is 115. The molecule has 0 saturated heterocycles. The van der Waals surface area contributed by atoms with Crippen LogP contribution in [0.2, 0.25) is 0 Å². The van der Waals surface area contributed by atoms with Crippen LogP contribution in [0.1, 0.15) is 0 Å². The third-order valence-electron chi connectivity index (χ3n) is 0. The standard InChI is InChI=1S/3NO3.6H2O.Pr/c3*2-1(3)4;;;;;;;/h;;;6*1H2;/q3*-1;;;;;;;+3/p+4. The molecule has 0 amide bonds. The van der Waals surface area contributed by atoms with E-state index in [2.05, 4.69) is 0 Å². The number of hydrogen-bond acceptors (Lipinski definition) is 9. The SMILES string of the molecule is O.O.O=[N+]([O-])[O-].O=[N+]([O-])[O-].O=[N+]([O-])[O-].[OH3+].[OH3+].[OH3+].[OH3+].[Pr+3]. The molecule has 19 heteroatoms. The van der Waals surface area contributed by atoms with Gasteiger partial charge in [-0.3, -0.25) is 0 Å². The van der Waals surface area contributed by atoms with Crippen molar-refractivity contribution in [1.82, 2.24) is 0 Å². The van der Waals surface area contributed by atoms with Crippen molar-refractivity contribution in [1.29, 1.82) is 0 Å². The van der Waals surface area contributed by atoms with Gasteiger partial charge in [0.2, 0.25) is 0 Å². The van der Waals surface area contributed by atoms with Crippen LogP contribution in [0, 0.1) is 87.3 Å². The average molecular weight is 439 g/mol. The molecule has 0 spiro atoms. The van der Waals surface area contributed by atoms with Gasteiger partial charge >= 0.3 is 41.3 Å². The smallest absolute Gasteiger partial charge is 0.457 e. The van der Waals surface area contributed by atoms with Crippen LogP contribution in [0.15, 0.2) is 0 Å². The van der Waals surface area contributed by atoms with E-state index in [9.17, 15) is 0 Å². The summed E-state index contributed by atoms with van der Waals surface area (Å²) in [6.07, 6.45) is 0. The Balaban J connectivity index is -0.00000000675. The molecule has 0 aliphatic rings. The fourth-order valence-corrected chi connectivity index (χ4v) is 0. The van der Waals surface area contributed by atoms with Crippen LogP contribution in [0.25, 0.3) is 0 Å². The summed E-state index contributed by atoms with van der Waals surface area (Å²) in [5, 5.41) is 44.2. The second kappa shape index (κ2) is 69.3. The molecule has 0 heterocycles.